The Balaban J connectivity index is 1.93. The summed E-state index contributed by atoms with van der Waals surface area (Å²) in [7, 11) is 0. The van der Waals surface area contributed by atoms with Gasteiger partial charge < -0.3 is 4.90 Å². The van der Waals surface area contributed by atoms with E-state index in [0.717, 1.165) is 28.1 Å². The van der Waals surface area contributed by atoms with Crippen LogP contribution in [0.25, 0.3) is 22.4 Å². The molecule has 1 aromatic carbocycles. The van der Waals surface area contributed by atoms with Crippen LogP contribution < -0.4 is 0 Å². The number of amides is 1. The number of hydrogen-bond donors (Lipinski definition) is 0. The molecule has 0 bridgehead atoms. The zero-order valence-corrected chi connectivity index (χ0v) is 15.9. The van der Waals surface area contributed by atoms with Crippen LogP contribution in [0, 0.1) is 5.82 Å². The van der Waals surface area contributed by atoms with E-state index in [1.54, 1.807) is 24.5 Å². The van der Waals surface area contributed by atoms with Gasteiger partial charge in [0.1, 0.15) is 11.5 Å². The van der Waals surface area contributed by atoms with Crippen molar-refractivity contribution in [1.29, 1.82) is 0 Å². The first-order valence-corrected chi connectivity index (χ1v) is 9.11. The summed E-state index contributed by atoms with van der Waals surface area (Å²) >= 11 is 0. The van der Waals surface area contributed by atoms with Gasteiger partial charge in [0, 0.05) is 23.5 Å². The van der Waals surface area contributed by atoms with Crippen molar-refractivity contribution in [2.24, 2.45) is 0 Å². The summed E-state index contributed by atoms with van der Waals surface area (Å²) in [5.41, 5.74) is 4.03. The molecule has 0 N–H and O–H groups in total. The minimum atomic E-state index is -0.403. The number of carbonyl (C=O) groups is 1. The van der Waals surface area contributed by atoms with Crippen molar-refractivity contribution in [3.05, 3.63) is 73.0 Å². The molecular formula is C22H21FN4O. The normalized spacial score (nSPS) is 15.2. The number of pyridine rings is 1. The van der Waals surface area contributed by atoms with E-state index < -0.39 is 5.54 Å². The standard InChI is InChI=1S/C22H21FN4O/c1-4-19(28)26-13-18-20(15-9-11-24-12-10-15)21(16-5-7-17(23)8-6-16)25-27(18)14-22(26,2)3/h4-12H,1,13-14H2,2-3H3. The highest BCUT2D eigenvalue weighted by Crippen LogP contribution is 2.39. The molecular weight excluding hydrogens is 355 g/mol. The second-order valence-electron chi connectivity index (χ2n) is 7.51. The van der Waals surface area contributed by atoms with Gasteiger partial charge in [-0.15, -0.1) is 0 Å². The van der Waals surface area contributed by atoms with Crippen molar-refractivity contribution in [1.82, 2.24) is 19.7 Å². The van der Waals surface area contributed by atoms with Crippen molar-refractivity contribution < 1.29 is 9.18 Å². The van der Waals surface area contributed by atoms with Crippen LogP contribution in [-0.2, 0) is 17.9 Å². The number of nitrogens with zero attached hydrogens (tertiary/aromatic N) is 4. The molecule has 0 saturated carbocycles. The predicted molar refractivity (Wildman–Crippen MR) is 106 cm³/mol. The molecule has 6 heteroatoms. The fourth-order valence-corrected chi connectivity index (χ4v) is 3.72. The molecule has 0 unspecified atom stereocenters. The van der Waals surface area contributed by atoms with E-state index in [9.17, 15) is 9.18 Å². The highest BCUT2D eigenvalue weighted by Gasteiger charge is 2.38. The average molecular weight is 376 g/mol. The molecule has 5 nitrogen and oxygen atoms in total. The van der Waals surface area contributed by atoms with Gasteiger partial charge in [0.05, 0.1) is 24.3 Å². The monoisotopic (exact) mass is 376 g/mol. The van der Waals surface area contributed by atoms with E-state index in [4.69, 9.17) is 5.10 Å². The van der Waals surface area contributed by atoms with Gasteiger partial charge in [0.15, 0.2) is 0 Å². The number of hydrogen-bond acceptors (Lipinski definition) is 3. The summed E-state index contributed by atoms with van der Waals surface area (Å²) in [6.45, 7) is 8.65. The third-order valence-electron chi connectivity index (χ3n) is 5.16. The molecule has 4 rings (SSSR count). The first kappa shape index (κ1) is 18.1. The van der Waals surface area contributed by atoms with E-state index in [1.165, 1.54) is 18.2 Å². The largest absolute Gasteiger partial charge is 0.326 e. The Bertz CT molecular complexity index is 1040. The number of fused-ring (bicyclic) bond motifs is 1. The van der Waals surface area contributed by atoms with Crippen LogP contribution in [0.5, 0.6) is 0 Å². The minimum absolute atomic E-state index is 0.110. The van der Waals surface area contributed by atoms with Crippen molar-refractivity contribution in [2.45, 2.75) is 32.5 Å². The molecule has 0 saturated heterocycles. The molecule has 1 aliphatic heterocycles. The quantitative estimate of drug-likeness (QED) is 0.648. The topological polar surface area (TPSA) is 51.0 Å². The molecule has 1 amide bonds. The molecule has 142 valence electrons. The minimum Gasteiger partial charge on any atom is -0.326 e. The molecule has 1 aliphatic rings. The number of benzene rings is 1. The van der Waals surface area contributed by atoms with Gasteiger partial charge in [-0.05, 0) is 61.9 Å². The summed E-state index contributed by atoms with van der Waals surface area (Å²) in [5, 5.41) is 4.85. The molecule has 0 radical (unpaired) electrons. The molecule has 0 aliphatic carbocycles. The predicted octanol–water partition coefficient (Wildman–Crippen LogP) is 4.06. The summed E-state index contributed by atoms with van der Waals surface area (Å²) in [5.74, 6) is -0.400. The maximum Gasteiger partial charge on any atom is 0.246 e. The SMILES string of the molecule is C=CC(=O)N1Cc2c(-c3ccncc3)c(-c3ccc(F)cc3)nn2CC1(C)C. The van der Waals surface area contributed by atoms with Crippen LogP contribution in [0.4, 0.5) is 4.39 Å². The molecule has 0 atom stereocenters. The number of rotatable bonds is 3. The van der Waals surface area contributed by atoms with Crippen LogP contribution in [0.2, 0.25) is 0 Å². The summed E-state index contributed by atoms with van der Waals surface area (Å²) < 4.78 is 15.4. The summed E-state index contributed by atoms with van der Waals surface area (Å²) in [6, 6.07) is 10.2. The lowest BCUT2D eigenvalue weighted by atomic mass is 9.95. The van der Waals surface area contributed by atoms with Crippen LogP contribution in [0.15, 0.2) is 61.4 Å². The van der Waals surface area contributed by atoms with E-state index in [2.05, 4.69) is 11.6 Å². The molecule has 2 aromatic heterocycles. The fourth-order valence-electron chi connectivity index (χ4n) is 3.72. The van der Waals surface area contributed by atoms with Gasteiger partial charge >= 0.3 is 0 Å². The Morgan fingerprint density at radius 2 is 1.82 bits per heavy atom. The molecule has 3 heterocycles. The van der Waals surface area contributed by atoms with Crippen LogP contribution >= 0.6 is 0 Å². The lowest BCUT2D eigenvalue weighted by Crippen LogP contribution is -2.53. The Kier molecular flexibility index (Phi) is 4.34. The molecule has 28 heavy (non-hydrogen) atoms. The highest BCUT2D eigenvalue weighted by atomic mass is 19.1. The Labute approximate surface area is 163 Å². The van der Waals surface area contributed by atoms with Crippen LogP contribution in [-0.4, -0.2) is 31.1 Å². The Morgan fingerprint density at radius 3 is 2.46 bits per heavy atom. The average Bonchev–Trinajstić information content (AvgIpc) is 3.04. The van der Waals surface area contributed by atoms with E-state index in [1.807, 2.05) is 35.6 Å². The highest BCUT2D eigenvalue weighted by molar-refractivity contribution is 5.88. The molecule has 0 spiro atoms. The summed E-state index contributed by atoms with van der Waals surface area (Å²) in [6.07, 6.45) is 4.81. The molecule has 0 fully saturated rings. The van der Waals surface area contributed by atoms with Crippen molar-refractivity contribution in [2.75, 3.05) is 0 Å². The smallest absolute Gasteiger partial charge is 0.246 e. The van der Waals surface area contributed by atoms with Crippen LogP contribution in [0.1, 0.15) is 19.5 Å². The van der Waals surface area contributed by atoms with Gasteiger partial charge in [0.2, 0.25) is 5.91 Å². The third-order valence-corrected chi connectivity index (χ3v) is 5.16. The van der Waals surface area contributed by atoms with Gasteiger partial charge in [0.25, 0.3) is 0 Å². The summed E-state index contributed by atoms with van der Waals surface area (Å²) in [4.78, 5) is 18.4. The van der Waals surface area contributed by atoms with Crippen molar-refractivity contribution in [3.63, 3.8) is 0 Å². The lowest BCUT2D eigenvalue weighted by Gasteiger charge is -2.42. The van der Waals surface area contributed by atoms with Gasteiger partial charge in [-0.1, -0.05) is 6.58 Å². The third kappa shape index (κ3) is 3.01. The zero-order valence-electron chi connectivity index (χ0n) is 15.9. The van der Waals surface area contributed by atoms with E-state index >= 15 is 0 Å². The molecule has 3 aromatic rings. The Morgan fingerprint density at radius 1 is 1.14 bits per heavy atom. The number of carbonyl (C=O) groups excluding carboxylic acids is 1. The van der Waals surface area contributed by atoms with Crippen molar-refractivity contribution >= 4 is 5.91 Å². The zero-order chi connectivity index (χ0) is 19.9. The van der Waals surface area contributed by atoms with Gasteiger partial charge in [-0.3, -0.25) is 14.5 Å². The Hall–Kier alpha value is -3.28. The van der Waals surface area contributed by atoms with Gasteiger partial charge in [-0.25, -0.2) is 4.39 Å². The van der Waals surface area contributed by atoms with Gasteiger partial charge in [-0.2, -0.15) is 5.10 Å². The van der Waals surface area contributed by atoms with E-state index in [-0.39, 0.29) is 11.7 Å². The lowest BCUT2D eigenvalue weighted by molar-refractivity contribution is -0.134. The first-order chi connectivity index (χ1) is 13.4. The number of halogens is 1. The van der Waals surface area contributed by atoms with Crippen LogP contribution in [0.3, 0.4) is 0 Å². The van der Waals surface area contributed by atoms with E-state index in [0.29, 0.717) is 13.1 Å². The first-order valence-electron chi connectivity index (χ1n) is 9.11. The maximum absolute atomic E-state index is 13.4. The number of aromatic nitrogens is 3. The second-order valence-corrected chi connectivity index (χ2v) is 7.51. The fraction of sp³-hybridized carbons (Fsp3) is 0.227. The van der Waals surface area contributed by atoms with Crippen molar-refractivity contribution in [3.8, 4) is 22.4 Å². The second kappa shape index (κ2) is 6.71. The maximum atomic E-state index is 13.4.